The second kappa shape index (κ2) is 11.0. The Labute approximate surface area is 191 Å². The Morgan fingerprint density at radius 3 is 2.42 bits per heavy atom. The zero-order chi connectivity index (χ0) is 23.8. The molecule has 0 saturated carbocycles. The number of amides is 1. The first-order valence-corrected chi connectivity index (χ1v) is 10.5. The number of carbonyl (C=O) groups excluding carboxylic acids is 1. The van der Waals surface area contributed by atoms with Crippen LogP contribution in [0.15, 0.2) is 42.5 Å². The van der Waals surface area contributed by atoms with Crippen LogP contribution in [0.2, 0.25) is 0 Å². The van der Waals surface area contributed by atoms with Crippen molar-refractivity contribution in [1.29, 1.82) is 5.26 Å². The number of aromatic nitrogens is 2. The van der Waals surface area contributed by atoms with Gasteiger partial charge in [0.05, 0.1) is 25.6 Å². The zero-order valence-electron chi connectivity index (χ0n) is 18.6. The number of nitrogen functional groups attached to an aromatic ring is 1. The third kappa shape index (κ3) is 6.01. The average Bonchev–Trinajstić information content (AvgIpc) is 3.15. The Balaban J connectivity index is 1.52. The molecular weight excluding hydrogens is 425 g/mol. The molecule has 0 aliphatic carbocycles. The number of nitrogens with two attached hydrogens (primary N) is 1. The Kier molecular flexibility index (Phi) is 7.86. The van der Waals surface area contributed by atoms with Crippen LogP contribution in [0.4, 0.5) is 10.2 Å². The number of nitrogens with zero attached hydrogens (tertiary/aromatic N) is 3. The van der Waals surface area contributed by atoms with Gasteiger partial charge in [0.15, 0.2) is 0 Å². The van der Waals surface area contributed by atoms with Crippen LogP contribution < -0.4 is 20.5 Å². The quantitative estimate of drug-likeness (QED) is 0.458. The fraction of sp³-hybridized carbons (Fsp3) is 0.292. The van der Waals surface area contributed by atoms with E-state index >= 15 is 0 Å². The van der Waals surface area contributed by atoms with Crippen LogP contribution >= 0.6 is 0 Å². The van der Waals surface area contributed by atoms with Crippen molar-refractivity contribution in [1.82, 2.24) is 15.1 Å². The van der Waals surface area contributed by atoms with Crippen molar-refractivity contribution in [3.05, 3.63) is 65.1 Å². The van der Waals surface area contributed by atoms with Gasteiger partial charge in [-0.15, -0.1) is 0 Å². The second-order valence-corrected chi connectivity index (χ2v) is 7.38. The number of hydrogen-bond donors (Lipinski definition) is 2. The fourth-order valence-electron chi connectivity index (χ4n) is 3.39. The smallest absolute Gasteiger partial charge is 0.220 e. The first-order chi connectivity index (χ1) is 15.9. The van der Waals surface area contributed by atoms with E-state index in [-0.39, 0.29) is 23.1 Å². The molecule has 0 bridgehead atoms. The minimum absolute atomic E-state index is 0.0753. The van der Waals surface area contributed by atoms with Crippen molar-refractivity contribution in [2.45, 2.75) is 25.7 Å². The Morgan fingerprint density at radius 2 is 1.82 bits per heavy atom. The highest BCUT2D eigenvalue weighted by Gasteiger charge is 2.16. The summed E-state index contributed by atoms with van der Waals surface area (Å²) in [6.45, 7) is 0.439. The Morgan fingerprint density at radius 1 is 1.15 bits per heavy atom. The fourth-order valence-corrected chi connectivity index (χ4v) is 3.39. The van der Waals surface area contributed by atoms with E-state index in [1.54, 1.807) is 32.4 Å². The van der Waals surface area contributed by atoms with E-state index in [2.05, 4.69) is 16.5 Å². The van der Waals surface area contributed by atoms with Gasteiger partial charge in [-0.2, -0.15) is 10.4 Å². The van der Waals surface area contributed by atoms with Gasteiger partial charge in [-0.1, -0.05) is 0 Å². The molecule has 8 nitrogen and oxygen atoms in total. The molecule has 0 fully saturated rings. The summed E-state index contributed by atoms with van der Waals surface area (Å²) in [5.41, 5.74) is 8.41. The summed E-state index contributed by atoms with van der Waals surface area (Å²) in [5, 5.41) is 16.8. The van der Waals surface area contributed by atoms with Gasteiger partial charge in [0.25, 0.3) is 0 Å². The third-order valence-electron chi connectivity index (χ3n) is 5.14. The molecule has 3 rings (SSSR count). The number of rotatable bonds is 10. The molecule has 1 amide bonds. The van der Waals surface area contributed by atoms with E-state index in [0.29, 0.717) is 55.1 Å². The molecule has 9 heteroatoms. The lowest BCUT2D eigenvalue weighted by molar-refractivity contribution is -0.121. The molecule has 0 saturated heterocycles. The van der Waals surface area contributed by atoms with Gasteiger partial charge in [-0.3, -0.25) is 4.79 Å². The summed E-state index contributed by atoms with van der Waals surface area (Å²) in [4.78, 5) is 12.2. The SMILES string of the molecule is COc1cc(CCC(=O)NCCCc2nn(-c3ccc(F)cc3)c(N)c2C#N)cc(OC)c1. The number of aryl methyl sites for hydroxylation is 2. The van der Waals surface area contributed by atoms with E-state index < -0.39 is 0 Å². The largest absolute Gasteiger partial charge is 0.497 e. The highest BCUT2D eigenvalue weighted by Crippen LogP contribution is 2.24. The number of methoxy groups -OCH3 is 2. The van der Waals surface area contributed by atoms with Crippen molar-refractivity contribution in [2.24, 2.45) is 0 Å². The van der Waals surface area contributed by atoms with E-state index in [4.69, 9.17) is 15.2 Å². The van der Waals surface area contributed by atoms with Crippen LogP contribution in [0.1, 0.15) is 29.7 Å². The van der Waals surface area contributed by atoms with Crippen LogP contribution in [0.25, 0.3) is 5.69 Å². The van der Waals surface area contributed by atoms with Crippen molar-refractivity contribution < 1.29 is 18.7 Å². The number of benzene rings is 2. The van der Waals surface area contributed by atoms with Crippen molar-refractivity contribution in [3.63, 3.8) is 0 Å². The predicted octanol–water partition coefficient (Wildman–Crippen LogP) is 3.16. The molecule has 1 heterocycles. The summed E-state index contributed by atoms with van der Waals surface area (Å²) in [6.07, 6.45) is 1.93. The van der Waals surface area contributed by atoms with Crippen LogP contribution in [0, 0.1) is 17.1 Å². The average molecular weight is 452 g/mol. The number of ether oxygens (including phenoxy) is 2. The van der Waals surface area contributed by atoms with Gasteiger partial charge >= 0.3 is 0 Å². The second-order valence-electron chi connectivity index (χ2n) is 7.38. The summed E-state index contributed by atoms with van der Waals surface area (Å²) < 4.78 is 25.1. The first kappa shape index (κ1) is 23.6. The normalized spacial score (nSPS) is 10.5. The number of nitrogens with one attached hydrogen (secondary N) is 1. The minimum Gasteiger partial charge on any atom is -0.497 e. The first-order valence-electron chi connectivity index (χ1n) is 10.5. The van der Waals surface area contributed by atoms with E-state index in [9.17, 15) is 14.4 Å². The maximum atomic E-state index is 13.2. The van der Waals surface area contributed by atoms with Crippen LogP contribution in [0.3, 0.4) is 0 Å². The van der Waals surface area contributed by atoms with E-state index in [1.807, 2.05) is 12.1 Å². The molecule has 3 N–H and O–H groups in total. The van der Waals surface area contributed by atoms with Crippen LogP contribution in [-0.4, -0.2) is 36.5 Å². The van der Waals surface area contributed by atoms with Crippen molar-refractivity contribution >= 4 is 11.7 Å². The lowest BCUT2D eigenvalue weighted by Crippen LogP contribution is -2.25. The number of nitriles is 1. The molecular formula is C24H26FN5O3. The van der Waals surface area contributed by atoms with Crippen LogP contribution in [0.5, 0.6) is 11.5 Å². The molecule has 172 valence electrons. The molecule has 0 unspecified atom stereocenters. The lowest BCUT2D eigenvalue weighted by Gasteiger charge is -2.09. The monoisotopic (exact) mass is 451 g/mol. The molecule has 2 aromatic carbocycles. The molecule has 1 aromatic heterocycles. The molecule has 0 aliphatic rings. The zero-order valence-corrected chi connectivity index (χ0v) is 18.6. The highest BCUT2D eigenvalue weighted by molar-refractivity contribution is 5.76. The molecule has 33 heavy (non-hydrogen) atoms. The summed E-state index contributed by atoms with van der Waals surface area (Å²) >= 11 is 0. The Bertz CT molecular complexity index is 1130. The summed E-state index contributed by atoms with van der Waals surface area (Å²) in [5.74, 6) is 1.12. The van der Waals surface area contributed by atoms with Gasteiger partial charge in [0, 0.05) is 19.0 Å². The van der Waals surface area contributed by atoms with E-state index in [1.165, 1.54) is 16.8 Å². The lowest BCUT2D eigenvalue weighted by atomic mass is 10.1. The maximum absolute atomic E-state index is 13.2. The van der Waals surface area contributed by atoms with Crippen LogP contribution in [-0.2, 0) is 17.6 Å². The third-order valence-corrected chi connectivity index (χ3v) is 5.14. The molecule has 0 spiro atoms. The van der Waals surface area contributed by atoms with Gasteiger partial charge in [-0.25, -0.2) is 9.07 Å². The van der Waals surface area contributed by atoms with E-state index in [0.717, 1.165) is 5.56 Å². The minimum atomic E-state index is -0.369. The van der Waals surface area contributed by atoms with Gasteiger partial charge < -0.3 is 20.5 Å². The molecule has 0 atom stereocenters. The summed E-state index contributed by atoms with van der Waals surface area (Å²) in [7, 11) is 3.17. The standard InChI is InChI=1S/C24H26FN5O3/c1-32-19-12-16(13-20(14-19)33-2)5-10-23(31)28-11-3-4-22-21(15-26)24(27)30(29-22)18-8-6-17(25)7-9-18/h6-9,12-14H,3-5,10-11,27H2,1-2H3,(H,28,31). The topological polar surface area (TPSA) is 115 Å². The van der Waals surface area contributed by atoms with Crippen molar-refractivity contribution in [3.8, 4) is 23.3 Å². The number of anilines is 1. The summed E-state index contributed by atoms with van der Waals surface area (Å²) in [6, 6.07) is 13.3. The van der Waals surface area contributed by atoms with Gasteiger partial charge in [0.2, 0.25) is 5.91 Å². The molecule has 3 aromatic rings. The Hall–Kier alpha value is -4.06. The molecule has 0 aliphatic heterocycles. The van der Waals surface area contributed by atoms with Crippen molar-refractivity contribution in [2.75, 3.05) is 26.5 Å². The number of hydrogen-bond acceptors (Lipinski definition) is 6. The highest BCUT2D eigenvalue weighted by atomic mass is 19.1. The maximum Gasteiger partial charge on any atom is 0.220 e. The number of halogens is 1. The van der Waals surface area contributed by atoms with Gasteiger partial charge in [-0.05, 0) is 61.2 Å². The molecule has 0 radical (unpaired) electrons. The van der Waals surface area contributed by atoms with Gasteiger partial charge in [0.1, 0.15) is 34.8 Å². The predicted molar refractivity (Wildman–Crippen MR) is 122 cm³/mol. The number of carbonyl (C=O) groups is 1.